The van der Waals surface area contributed by atoms with Crippen molar-refractivity contribution in [1.82, 2.24) is 44.7 Å². The van der Waals surface area contributed by atoms with E-state index in [9.17, 15) is 38.7 Å². The average molecular weight is 1700 g/mol. The molecule has 4 amide bonds. The number of anilines is 2. The number of methoxy groups -OCH3 is 1. The van der Waals surface area contributed by atoms with Gasteiger partial charge in [-0.1, -0.05) is 75.4 Å². The van der Waals surface area contributed by atoms with E-state index in [1.54, 1.807) is 18.1 Å². The van der Waals surface area contributed by atoms with Crippen molar-refractivity contribution in [2.75, 3.05) is 131 Å². The lowest BCUT2D eigenvalue weighted by Crippen LogP contribution is -2.60. The maximum atomic E-state index is 14.5. The summed E-state index contributed by atoms with van der Waals surface area (Å²) in [5.41, 5.74) is 25.9. The lowest BCUT2D eigenvalue weighted by atomic mass is 9.83. The Morgan fingerprint density at radius 1 is 0.705 bits per heavy atom. The van der Waals surface area contributed by atoms with Crippen molar-refractivity contribution in [1.29, 1.82) is 0 Å². The van der Waals surface area contributed by atoms with Gasteiger partial charge in [0.1, 0.15) is 53.5 Å². The molecule has 1 aliphatic carbocycles. The van der Waals surface area contributed by atoms with Crippen LogP contribution in [0.25, 0.3) is 33.4 Å². The molecule has 0 spiro atoms. The molecule has 1 saturated carbocycles. The molecule has 0 radical (unpaired) electrons. The SMILES string of the molecule is CO[C@H]1CC2CCCC(O2)C(=O)C(=O)N2CCCC[C@H]2C(=O)O[C@H](CC[C@H]2CC[C@H](OC(=O)N3CCC(N)(C(=O)NCCOCCOCCOCCOCCOCCOCCC(=O)N4CCc5cc(Cn6nc(-c7ccc8oc(N)nc8c7)c7c(N)ncnc76)ccc5C4)CC3)CC2)CC[C@H](C)/C=C(\C)[C@@H](O)CC(=O)[C@H](C)C[C@H](C)/C=C/C=C/C=C/1C. The molecule has 31 nitrogen and oxygen atoms in total. The number of ether oxygens (including phenoxy) is 10. The van der Waals surface area contributed by atoms with Crippen LogP contribution in [0.3, 0.4) is 0 Å². The molecular formula is C91H130N12O19. The third kappa shape index (κ3) is 27.6. The number of Topliss-reactive ketones (excluding diaryl/α,β-unsaturated/α-hetero) is 2. The molecule has 3 saturated heterocycles. The number of aliphatic hydroxyl groups is 1. The minimum Gasteiger partial charge on any atom is -0.461 e. The highest BCUT2D eigenvalue weighted by atomic mass is 16.6. The molecule has 3 aromatic heterocycles. The predicted octanol–water partition coefficient (Wildman–Crippen LogP) is 10.2. The molecule has 11 rings (SSSR count). The summed E-state index contributed by atoms with van der Waals surface area (Å²) in [7, 11) is 1.65. The van der Waals surface area contributed by atoms with Gasteiger partial charge in [0.05, 0.1) is 121 Å². The fourth-order valence-electron chi connectivity index (χ4n) is 17.2. The molecule has 4 fully saturated rings. The van der Waals surface area contributed by atoms with Gasteiger partial charge in [-0.3, -0.25) is 24.0 Å². The zero-order valence-corrected chi connectivity index (χ0v) is 72.2. The number of esters is 1. The summed E-state index contributed by atoms with van der Waals surface area (Å²) in [6.45, 7) is 16.9. The number of nitrogen functional groups attached to an aromatic ring is 2. The van der Waals surface area contributed by atoms with Gasteiger partial charge >= 0.3 is 12.1 Å². The summed E-state index contributed by atoms with van der Waals surface area (Å²) in [5.74, 6) is -1.67. The van der Waals surface area contributed by atoms with E-state index in [1.165, 1.54) is 16.8 Å². The van der Waals surface area contributed by atoms with Crippen LogP contribution in [-0.4, -0.2) is 253 Å². The largest absolute Gasteiger partial charge is 0.461 e. The highest BCUT2D eigenvalue weighted by Crippen LogP contribution is 2.37. The van der Waals surface area contributed by atoms with Gasteiger partial charge in [-0.2, -0.15) is 10.1 Å². The first-order chi connectivity index (χ1) is 59.0. The molecule has 31 heteroatoms. The highest BCUT2D eigenvalue weighted by molar-refractivity contribution is 6.38. The second kappa shape index (κ2) is 47.3. The number of hydrogen-bond acceptors (Lipinski definition) is 26. The number of oxazole rings is 1. The topological polar surface area (TPSA) is 401 Å². The van der Waals surface area contributed by atoms with Gasteiger partial charge in [0.25, 0.3) is 11.9 Å². The van der Waals surface area contributed by atoms with Crippen LogP contribution in [0.5, 0.6) is 0 Å². The van der Waals surface area contributed by atoms with E-state index >= 15 is 0 Å². The normalized spacial score (nSPS) is 26.0. The number of ketones is 2. The molecule has 2 unspecified atom stereocenters. The Labute approximate surface area is 716 Å². The zero-order valence-electron chi connectivity index (χ0n) is 72.2. The fourth-order valence-corrected chi connectivity index (χ4v) is 17.2. The van der Waals surface area contributed by atoms with Crippen LogP contribution >= 0.6 is 0 Å². The number of nitrogens with zero attached hydrogens (tertiary/aromatic N) is 8. The fraction of sp³-hybridized carbons (Fsp3) is 0.637. The van der Waals surface area contributed by atoms with Crippen LogP contribution in [0, 0.1) is 23.7 Å². The van der Waals surface area contributed by atoms with Gasteiger partial charge in [0.2, 0.25) is 17.6 Å². The van der Waals surface area contributed by atoms with Crippen molar-refractivity contribution >= 4 is 75.3 Å². The number of likely N-dealkylation sites (tertiary alicyclic amines) is 1. The second-order valence-corrected chi connectivity index (χ2v) is 33.8. The second-order valence-electron chi connectivity index (χ2n) is 33.8. The molecule has 668 valence electrons. The number of amides is 4. The monoisotopic (exact) mass is 1690 g/mol. The van der Waals surface area contributed by atoms with Crippen LogP contribution in [0.2, 0.25) is 0 Å². The van der Waals surface area contributed by atoms with Crippen molar-refractivity contribution < 1.29 is 90.5 Å². The summed E-state index contributed by atoms with van der Waals surface area (Å²) in [6, 6.07) is 11.0. The van der Waals surface area contributed by atoms with Crippen molar-refractivity contribution in [3.8, 4) is 11.3 Å². The van der Waals surface area contributed by atoms with Gasteiger partial charge in [0, 0.05) is 70.7 Å². The maximum absolute atomic E-state index is 14.5. The molecule has 9 atom stereocenters. The molecule has 8 N–H and O–H groups in total. The number of rotatable bonds is 30. The smallest absolute Gasteiger partial charge is 0.410 e. The number of benzene rings is 2. The number of nitrogens with one attached hydrogen (secondary N) is 1. The first-order valence-electron chi connectivity index (χ1n) is 44.1. The number of aromatic nitrogens is 5. The molecule has 122 heavy (non-hydrogen) atoms. The van der Waals surface area contributed by atoms with Crippen LogP contribution in [0.15, 0.2) is 94.7 Å². The summed E-state index contributed by atoms with van der Waals surface area (Å²) in [5, 5.41) is 19.8. The van der Waals surface area contributed by atoms with Gasteiger partial charge in [-0.15, -0.1) is 0 Å². The first-order valence-corrected chi connectivity index (χ1v) is 44.1. The average Bonchev–Trinajstić information content (AvgIpc) is 1.61. The third-order valence-electron chi connectivity index (χ3n) is 24.5. The van der Waals surface area contributed by atoms with Crippen molar-refractivity contribution in [2.24, 2.45) is 29.4 Å². The van der Waals surface area contributed by atoms with Crippen LogP contribution in [-0.2, 0) is 95.6 Å². The Morgan fingerprint density at radius 3 is 2.14 bits per heavy atom. The number of piperidine rings is 2. The highest BCUT2D eigenvalue weighted by Gasteiger charge is 2.43. The van der Waals surface area contributed by atoms with E-state index in [0.717, 1.165) is 54.4 Å². The number of aliphatic hydroxyl groups excluding tert-OH is 1. The van der Waals surface area contributed by atoms with Crippen molar-refractivity contribution in [3.63, 3.8) is 0 Å². The predicted molar refractivity (Wildman–Crippen MR) is 458 cm³/mol. The molecule has 5 aliphatic heterocycles. The van der Waals surface area contributed by atoms with Gasteiger partial charge in [-0.05, 0) is 193 Å². The number of carbonyl (C=O) groups excluding carboxylic acids is 7. The van der Waals surface area contributed by atoms with Crippen molar-refractivity contribution in [2.45, 2.75) is 231 Å². The maximum Gasteiger partial charge on any atom is 0.410 e. The van der Waals surface area contributed by atoms with Crippen LogP contribution < -0.4 is 22.5 Å². The summed E-state index contributed by atoms with van der Waals surface area (Å²) >= 11 is 0. The molecule has 6 aliphatic rings. The lowest BCUT2D eigenvalue weighted by molar-refractivity contribution is -0.167. The summed E-state index contributed by atoms with van der Waals surface area (Å²) in [4.78, 5) is 114. The summed E-state index contributed by atoms with van der Waals surface area (Å²) in [6.07, 6.45) is 21.4. The van der Waals surface area contributed by atoms with E-state index in [-0.39, 0.29) is 124 Å². The number of cyclic esters (lactones) is 1. The molecule has 2 aromatic carbocycles. The number of fused-ring (bicyclic) bond motifs is 6. The standard InChI is InChI=1S/C91H130N12O19/c1-60-13-8-7-9-14-62(3)79(112-6)55-72-15-12-17-78(119-72)83(107)86(108)102-35-11-10-16-74(102)87(109)120-70(25-18-61(2)52-64(5)76(105)56-75(104)63(4)51-60)26-20-65-21-27-71(28-22-65)121-90(111)100-37-32-91(94,33-38-100)88(110)95-34-40-114-42-44-116-46-48-118-50-49-117-47-45-115-43-41-113-39-31-80(106)101-36-30-67-53-66(19-23-69(67)58-101)57-103-85-81(84(92)96-59-97-85)82(99-103)68-24-29-77-73(54-68)98-89(93)122-77/h7-9,13-14,19,23-24,29,52-54,59-61,63,65,70-72,74,76,78-79,105H,10-12,15-18,20-22,25-28,30-51,55-58,94H2,1-6H3,(H2,93,98)(H,95,110)(H2,92,96,97)/b9-7+,13-8+,62-14+,64-52+/t60-,61+,63-,65-,70+,71-,72?,74+,76+,78?,79+/m1/s1. The van der Waals surface area contributed by atoms with E-state index in [2.05, 4.69) is 58.4 Å². The van der Waals surface area contributed by atoms with E-state index in [0.29, 0.717) is 209 Å². The molecular weight excluding hydrogens is 1570 g/mol. The van der Waals surface area contributed by atoms with Gasteiger partial charge in [-0.25, -0.2) is 24.2 Å². The minimum absolute atomic E-state index is 0.00407. The number of nitrogens with two attached hydrogens (primary N) is 3. The number of hydrogen-bond donors (Lipinski definition) is 5. The quantitative estimate of drug-likeness (QED) is 0.0123. The van der Waals surface area contributed by atoms with E-state index in [4.69, 9.17) is 74.1 Å². The molecule has 5 aromatic rings. The summed E-state index contributed by atoms with van der Waals surface area (Å²) < 4.78 is 66.0. The third-order valence-corrected chi connectivity index (χ3v) is 24.5. The van der Waals surface area contributed by atoms with Crippen LogP contribution in [0.1, 0.15) is 180 Å². The minimum atomic E-state index is -1.15. The Balaban J connectivity index is 0.507. The van der Waals surface area contributed by atoms with Gasteiger partial charge < -0.3 is 94.1 Å². The Morgan fingerprint density at radius 2 is 1.42 bits per heavy atom. The van der Waals surface area contributed by atoms with Crippen LogP contribution in [0.4, 0.5) is 16.6 Å². The van der Waals surface area contributed by atoms with E-state index in [1.807, 2.05) is 72.9 Å². The van der Waals surface area contributed by atoms with Crippen molar-refractivity contribution in [3.05, 3.63) is 107 Å². The van der Waals surface area contributed by atoms with E-state index < -0.39 is 53.6 Å². The molecule has 2 bridgehead atoms. The Bertz CT molecular complexity index is 4390. The Kier molecular flexibility index (Phi) is 36.3. The number of carbonyl (C=O) groups is 7. The van der Waals surface area contributed by atoms with Gasteiger partial charge in [0.15, 0.2) is 11.2 Å². The first kappa shape index (κ1) is 93.8. The zero-order chi connectivity index (χ0) is 86.5. The Hall–Kier alpha value is -8.89. The number of allylic oxidation sites excluding steroid dienone is 6. The lowest BCUT2D eigenvalue weighted by Gasteiger charge is -2.38. The molecule has 8 heterocycles.